The van der Waals surface area contributed by atoms with Crippen molar-refractivity contribution in [1.29, 1.82) is 0 Å². The molecule has 0 unspecified atom stereocenters. The van der Waals surface area contributed by atoms with Crippen LogP contribution in [0.3, 0.4) is 0 Å². The highest BCUT2D eigenvalue weighted by molar-refractivity contribution is 6.03. The van der Waals surface area contributed by atoms with E-state index in [0.29, 0.717) is 6.67 Å². The molecule has 0 saturated heterocycles. The van der Waals surface area contributed by atoms with Crippen molar-refractivity contribution in [3.63, 3.8) is 0 Å². The number of anilines is 2. The third-order valence-corrected chi connectivity index (χ3v) is 4.69. The molecule has 0 atom stereocenters. The van der Waals surface area contributed by atoms with E-state index in [9.17, 15) is 9.59 Å². The summed E-state index contributed by atoms with van der Waals surface area (Å²) in [7, 11) is 0. The van der Waals surface area contributed by atoms with Crippen molar-refractivity contribution in [3.05, 3.63) is 58.7 Å². The van der Waals surface area contributed by atoms with Gasteiger partial charge in [-0.05, 0) is 37.1 Å². The number of carbonyl (C=O) groups is 2. The number of ketones is 2. The molecule has 0 saturated carbocycles. The predicted octanol–water partition coefficient (Wildman–Crippen LogP) is 3.39. The van der Waals surface area contributed by atoms with E-state index in [4.69, 9.17) is 0 Å². The molecular weight excluding hydrogens is 288 g/mol. The van der Waals surface area contributed by atoms with Gasteiger partial charge in [-0.25, -0.2) is 0 Å². The average Bonchev–Trinajstić information content (AvgIpc) is 2.53. The monoisotopic (exact) mass is 306 g/mol. The molecule has 116 valence electrons. The number of nitrogens with zero attached hydrogens (tertiary/aromatic N) is 2. The van der Waals surface area contributed by atoms with Gasteiger partial charge >= 0.3 is 0 Å². The van der Waals surface area contributed by atoms with Crippen molar-refractivity contribution in [3.8, 4) is 0 Å². The first kappa shape index (κ1) is 14.0. The minimum Gasteiger partial charge on any atom is -0.349 e. The Morgan fingerprint density at radius 3 is 1.61 bits per heavy atom. The fourth-order valence-corrected chi connectivity index (χ4v) is 3.77. The Labute approximate surface area is 135 Å². The highest BCUT2D eigenvalue weighted by Crippen LogP contribution is 2.41. The maximum Gasteiger partial charge on any atom is 0.161 e. The molecule has 4 heteroatoms. The third kappa shape index (κ3) is 2.05. The molecular formula is C19H18N2O2. The zero-order valence-corrected chi connectivity index (χ0v) is 13.3. The van der Waals surface area contributed by atoms with Crippen LogP contribution in [-0.2, 0) is 13.1 Å². The van der Waals surface area contributed by atoms with Gasteiger partial charge in [-0.15, -0.1) is 0 Å². The molecule has 2 aromatic rings. The first-order chi connectivity index (χ1) is 11.1. The second kappa shape index (κ2) is 4.95. The van der Waals surface area contributed by atoms with Gasteiger partial charge in [0.25, 0.3) is 0 Å². The summed E-state index contributed by atoms with van der Waals surface area (Å²) in [6.45, 7) is 5.41. The van der Waals surface area contributed by atoms with Gasteiger partial charge in [0.15, 0.2) is 11.6 Å². The van der Waals surface area contributed by atoms with Gasteiger partial charge in [0.1, 0.15) is 0 Å². The summed E-state index contributed by atoms with van der Waals surface area (Å²) in [6.07, 6.45) is 0. The predicted molar refractivity (Wildman–Crippen MR) is 90.1 cm³/mol. The topological polar surface area (TPSA) is 40.6 Å². The van der Waals surface area contributed by atoms with Crippen LogP contribution in [0.2, 0.25) is 0 Å². The van der Waals surface area contributed by atoms with Crippen LogP contribution in [0.15, 0.2) is 36.4 Å². The first-order valence-corrected chi connectivity index (χ1v) is 7.82. The van der Waals surface area contributed by atoms with Gasteiger partial charge in [-0.3, -0.25) is 9.59 Å². The van der Waals surface area contributed by atoms with Crippen LogP contribution in [0.5, 0.6) is 0 Å². The van der Waals surface area contributed by atoms with Crippen molar-refractivity contribution in [1.82, 2.24) is 0 Å². The second-order valence-electron chi connectivity index (χ2n) is 6.28. The number of benzene rings is 2. The van der Waals surface area contributed by atoms with Gasteiger partial charge in [-0.2, -0.15) is 0 Å². The third-order valence-electron chi connectivity index (χ3n) is 4.69. The van der Waals surface area contributed by atoms with E-state index in [1.807, 2.05) is 24.3 Å². The SMILES string of the molecule is CC(=O)c1cccc2c1N1Cc3cccc(C(C)=O)c3N(C2)C1. The number of carbonyl (C=O) groups excluding carboxylic acids is 2. The summed E-state index contributed by atoms with van der Waals surface area (Å²) < 4.78 is 0. The molecule has 2 aromatic carbocycles. The second-order valence-corrected chi connectivity index (χ2v) is 6.28. The molecule has 0 aromatic heterocycles. The molecule has 2 aliphatic heterocycles. The molecule has 0 amide bonds. The lowest BCUT2D eigenvalue weighted by molar-refractivity contribution is 0.101. The van der Waals surface area contributed by atoms with Gasteiger partial charge < -0.3 is 9.80 Å². The molecule has 0 radical (unpaired) electrons. The summed E-state index contributed by atoms with van der Waals surface area (Å²) in [5.41, 5.74) is 5.97. The van der Waals surface area contributed by atoms with Crippen LogP contribution in [-0.4, -0.2) is 18.2 Å². The molecule has 2 bridgehead atoms. The van der Waals surface area contributed by atoms with Crippen LogP contribution in [0.1, 0.15) is 45.7 Å². The number of fused-ring (bicyclic) bond motifs is 6. The van der Waals surface area contributed by atoms with E-state index in [2.05, 4.69) is 21.9 Å². The van der Waals surface area contributed by atoms with Crippen LogP contribution >= 0.6 is 0 Å². The van der Waals surface area contributed by atoms with E-state index >= 15 is 0 Å². The van der Waals surface area contributed by atoms with E-state index < -0.39 is 0 Å². The summed E-state index contributed by atoms with van der Waals surface area (Å²) in [6, 6.07) is 11.8. The Morgan fingerprint density at radius 1 is 0.783 bits per heavy atom. The number of hydrogen-bond acceptors (Lipinski definition) is 4. The number of hydrogen-bond donors (Lipinski definition) is 0. The standard InChI is InChI=1S/C19H18N2O2/c1-12(22)16-7-3-5-14-9-21-11-20(18(14)16)10-15-6-4-8-17(13(2)23)19(15)21/h3-8H,9-11H2,1-2H3. The zero-order valence-electron chi connectivity index (χ0n) is 13.3. The molecule has 4 rings (SSSR count). The number of Topliss-reactive ketones (excluding diaryl/α,β-unsaturated/α-hetero) is 2. The van der Waals surface area contributed by atoms with E-state index in [0.717, 1.165) is 46.7 Å². The first-order valence-electron chi connectivity index (χ1n) is 7.82. The van der Waals surface area contributed by atoms with Gasteiger partial charge in [0, 0.05) is 24.2 Å². The Bertz CT molecular complexity index is 772. The smallest absolute Gasteiger partial charge is 0.161 e. The van der Waals surface area contributed by atoms with E-state index in [1.165, 1.54) is 0 Å². The average molecular weight is 306 g/mol. The Morgan fingerprint density at radius 2 is 1.22 bits per heavy atom. The summed E-state index contributed by atoms with van der Waals surface area (Å²) in [5.74, 6) is 0.192. The quantitative estimate of drug-likeness (QED) is 0.798. The van der Waals surface area contributed by atoms with Crippen LogP contribution in [0.4, 0.5) is 11.4 Å². The van der Waals surface area contributed by atoms with Crippen LogP contribution < -0.4 is 9.80 Å². The molecule has 23 heavy (non-hydrogen) atoms. The maximum atomic E-state index is 12.0. The Balaban J connectivity index is 1.88. The van der Waals surface area contributed by atoms with Crippen molar-refractivity contribution in [2.75, 3.05) is 16.5 Å². The lowest BCUT2D eigenvalue weighted by Gasteiger charge is -2.46. The van der Waals surface area contributed by atoms with Gasteiger partial charge in [-0.1, -0.05) is 24.3 Å². The number of para-hydroxylation sites is 2. The molecule has 4 nitrogen and oxygen atoms in total. The molecule has 0 N–H and O–H groups in total. The normalized spacial score (nSPS) is 15.0. The molecule has 0 fully saturated rings. The Kier molecular flexibility index (Phi) is 3.01. The highest BCUT2D eigenvalue weighted by atomic mass is 16.1. The van der Waals surface area contributed by atoms with Crippen molar-refractivity contribution >= 4 is 22.9 Å². The molecule has 0 aliphatic carbocycles. The molecule has 2 aliphatic rings. The van der Waals surface area contributed by atoms with Gasteiger partial charge in [0.2, 0.25) is 0 Å². The fraction of sp³-hybridized carbons (Fsp3) is 0.263. The van der Waals surface area contributed by atoms with E-state index in [1.54, 1.807) is 13.8 Å². The molecule has 0 spiro atoms. The van der Waals surface area contributed by atoms with Crippen molar-refractivity contribution < 1.29 is 9.59 Å². The molecule has 2 heterocycles. The minimum absolute atomic E-state index is 0.0959. The maximum absolute atomic E-state index is 12.0. The lowest BCUT2D eigenvalue weighted by Crippen LogP contribution is -2.47. The van der Waals surface area contributed by atoms with E-state index in [-0.39, 0.29) is 11.6 Å². The summed E-state index contributed by atoms with van der Waals surface area (Å²) in [5, 5.41) is 0. The zero-order chi connectivity index (χ0) is 16.1. The minimum atomic E-state index is 0.0959. The summed E-state index contributed by atoms with van der Waals surface area (Å²) in [4.78, 5) is 28.4. The fourth-order valence-electron chi connectivity index (χ4n) is 3.77. The largest absolute Gasteiger partial charge is 0.349 e. The van der Waals surface area contributed by atoms with Crippen LogP contribution in [0, 0.1) is 0 Å². The van der Waals surface area contributed by atoms with Crippen molar-refractivity contribution in [2.24, 2.45) is 0 Å². The summed E-state index contributed by atoms with van der Waals surface area (Å²) >= 11 is 0. The highest BCUT2D eigenvalue weighted by Gasteiger charge is 2.33. The number of rotatable bonds is 2. The lowest BCUT2D eigenvalue weighted by atomic mass is 9.94. The van der Waals surface area contributed by atoms with Gasteiger partial charge in [0.05, 0.1) is 18.0 Å². The van der Waals surface area contributed by atoms with Crippen LogP contribution in [0.25, 0.3) is 0 Å². The Hall–Kier alpha value is -2.62. The van der Waals surface area contributed by atoms with Crippen molar-refractivity contribution in [2.45, 2.75) is 26.9 Å².